The molecule has 0 spiro atoms. The summed E-state index contributed by atoms with van der Waals surface area (Å²) >= 11 is 6.06. The second-order valence-electron chi connectivity index (χ2n) is 7.35. The fourth-order valence-corrected chi connectivity index (χ4v) is 4.83. The summed E-state index contributed by atoms with van der Waals surface area (Å²) in [5.41, 5.74) is 0.688. The molecule has 0 saturated heterocycles. The Morgan fingerprint density at radius 3 is 2.24 bits per heavy atom. The van der Waals surface area contributed by atoms with Crippen molar-refractivity contribution in [2.24, 2.45) is 22.9 Å². The summed E-state index contributed by atoms with van der Waals surface area (Å²) in [5, 5.41) is 12.3. The van der Waals surface area contributed by atoms with E-state index in [1.165, 1.54) is 12.8 Å². The molecule has 25 heavy (non-hydrogen) atoms. The van der Waals surface area contributed by atoms with Gasteiger partial charge in [-0.15, -0.1) is 0 Å². The van der Waals surface area contributed by atoms with Crippen LogP contribution in [0.5, 0.6) is 5.75 Å². The Labute approximate surface area is 153 Å². The van der Waals surface area contributed by atoms with E-state index in [1.54, 1.807) is 12.1 Å². The highest BCUT2D eigenvalue weighted by atomic mass is 35.5. The first-order valence-corrected chi connectivity index (χ1v) is 9.52. The van der Waals surface area contributed by atoms with Crippen molar-refractivity contribution in [2.75, 3.05) is 0 Å². The summed E-state index contributed by atoms with van der Waals surface area (Å²) in [6, 6.07) is 5.85. The van der Waals surface area contributed by atoms with Crippen molar-refractivity contribution in [3.8, 4) is 11.8 Å². The Bertz CT molecular complexity index is 656. The van der Waals surface area contributed by atoms with Crippen LogP contribution in [0.15, 0.2) is 17.3 Å². The topological polar surface area (TPSA) is 45.4 Å². The van der Waals surface area contributed by atoms with E-state index in [-0.39, 0.29) is 28.4 Å². The van der Waals surface area contributed by atoms with E-state index in [4.69, 9.17) is 21.7 Å². The summed E-state index contributed by atoms with van der Waals surface area (Å²) in [6.07, 6.45) is 8.70. The molecule has 2 aliphatic rings. The second kappa shape index (κ2) is 8.19. The number of hydrogen-bond acceptors (Lipinski definition) is 3. The molecule has 0 atom stereocenters. The molecule has 2 fully saturated rings. The lowest BCUT2D eigenvalue weighted by Crippen LogP contribution is -2.25. The number of hydrogen-bond donors (Lipinski definition) is 0. The molecule has 0 radical (unpaired) electrons. The van der Waals surface area contributed by atoms with Crippen LogP contribution in [0.2, 0.25) is 5.02 Å². The lowest BCUT2D eigenvalue weighted by molar-refractivity contribution is 0.172. The highest BCUT2D eigenvalue weighted by molar-refractivity contribution is 6.32. The highest BCUT2D eigenvalue weighted by Crippen LogP contribution is 2.45. The molecular weight excluding hydrogens is 339 g/mol. The summed E-state index contributed by atoms with van der Waals surface area (Å²) < 4.78 is 14.6. The van der Waals surface area contributed by atoms with Crippen LogP contribution in [0.1, 0.15) is 62.8 Å². The van der Waals surface area contributed by atoms with Crippen molar-refractivity contribution < 1.29 is 9.23 Å². The molecule has 134 valence electrons. The highest BCUT2D eigenvalue weighted by Gasteiger charge is 2.32. The van der Waals surface area contributed by atoms with Crippen LogP contribution >= 0.6 is 11.6 Å². The van der Waals surface area contributed by atoms with Gasteiger partial charge in [0.05, 0.1) is 6.07 Å². The molecular formula is C20H24ClFN2O. The quantitative estimate of drug-likeness (QED) is 0.481. The van der Waals surface area contributed by atoms with E-state index in [1.807, 2.05) is 0 Å². The van der Waals surface area contributed by atoms with E-state index < -0.39 is 0 Å². The minimum absolute atomic E-state index is 0.0122. The predicted molar refractivity (Wildman–Crippen MR) is 97.3 cm³/mol. The van der Waals surface area contributed by atoms with Gasteiger partial charge in [0, 0.05) is 12.6 Å². The predicted octanol–water partition coefficient (Wildman–Crippen LogP) is 6.08. The third kappa shape index (κ3) is 3.98. The van der Waals surface area contributed by atoms with Gasteiger partial charge in [0.25, 0.3) is 0 Å². The SMILES string of the molecule is C=NOc1ccc(C2CCC(C3CCC(C#N)CC3)CC2)c(F)c1Cl. The van der Waals surface area contributed by atoms with Gasteiger partial charge in [0.15, 0.2) is 5.75 Å². The van der Waals surface area contributed by atoms with E-state index in [0.29, 0.717) is 5.56 Å². The molecule has 3 rings (SSSR count). The Morgan fingerprint density at radius 1 is 1.08 bits per heavy atom. The van der Waals surface area contributed by atoms with Crippen LogP contribution in [0.25, 0.3) is 0 Å². The minimum atomic E-state index is -0.388. The molecule has 5 heteroatoms. The van der Waals surface area contributed by atoms with Crippen molar-refractivity contribution in [1.82, 2.24) is 0 Å². The molecule has 3 nitrogen and oxygen atoms in total. The van der Waals surface area contributed by atoms with Crippen LogP contribution in [0.4, 0.5) is 4.39 Å². The second-order valence-corrected chi connectivity index (χ2v) is 7.73. The maximum atomic E-state index is 14.6. The normalized spacial score (nSPS) is 29.6. The van der Waals surface area contributed by atoms with Crippen molar-refractivity contribution >= 4 is 18.3 Å². The Kier molecular flexibility index (Phi) is 5.96. The van der Waals surface area contributed by atoms with Gasteiger partial charge in [0.1, 0.15) is 10.8 Å². The van der Waals surface area contributed by atoms with Gasteiger partial charge in [-0.2, -0.15) is 5.26 Å². The molecule has 0 N–H and O–H groups in total. The van der Waals surface area contributed by atoms with Crippen LogP contribution in [0.3, 0.4) is 0 Å². The number of rotatable bonds is 4. The standard InChI is InChI=1S/C20H24ClFN2O/c1-24-25-18-11-10-17(20(22)19(18)21)16-8-6-15(7-9-16)14-4-2-13(12-23)3-5-14/h10-11,13-16H,1-9H2. The summed E-state index contributed by atoms with van der Waals surface area (Å²) in [7, 11) is 0. The Morgan fingerprint density at radius 2 is 1.68 bits per heavy atom. The smallest absolute Gasteiger partial charge is 0.179 e. The van der Waals surface area contributed by atoms with Crippen molar-refractivity contribution in [1.29, 1.82) is 5.26 Å². The number of halogens is 2. The maximum absolute atomic E-state index is 14.6. The largest absolute Gasteiger partial charge is 0.356 e. The lowest BCUT2D eigenvalue weighted by atomic mass is 9.68. The summed E-state index contributed by atoms with van der Waals surface area (Å²) in [6.45, 7) is 3.23. The van der Waals surface area contributed by atoms with E-state index in [0.717, 1.165) is 50.4 Å². The van der Waals surface area contributed by atoms with Crippen LogP contribution < -0.4 is 4.84 Å². The lowest BCUT2D eigenvalue weighted by Gasteiger charge is -2.37. The Hall–Kier alpha value is -1.60. The Balaban J connectivity index is 1.60. The first-order chi connectivity index (χ1) is 12.1. The van der Waals surface area contributed by atoms with Crippen LogP contribution in [-0.4, -0.2) is 6.72 Å². The van der Waals surface area contributed by atoms with Gasteiger partial charge in [-0.1, -0.05) is 22.8 Å². The van der Waals surface area contributed by atoms with Crippen LogP contribution in [0, 0.1) is 34.9 Å². The molecule has 1 aromatic rings. The zero-order valence-corrected chi connectivity index (χ0v) is 15.1. The number of benzene rings is 1. The molecule has 0 bridgehead atoms. The van der Waals surface area contributed by atoms with E-state index >= 15 is 0 Å². The fraction of sp³-hybridized carbons (Fsp3) is 0.600. The number of nitriles is 1. The molecule has 0 aliphatic heterocycles. The number of nitrogens with zero attached hydrogens (tertiary/aromatic N) is 2. The molecule has 2 aliphatic carbocycles. The first kappa shape index (κ1) is 18.2. The fourth-order valence-electron chi connectivity index (χ4n) is 4.62. The average molecular weight is 363 g/mol. The van der Waals surface area contributed by atoms with Gasteiger partial charge >= 0.3 is 0 Å². The maximum Gasteiger partial charge on any atom is 0.179 e. The van der Waals surface area contributed by atoms with Crippen molar-refractivity contribution in [3.05, 3.63) is 28.5 Å². The van der Waals surface area contributed by atoms with Gasteiger partial charge in [0.2, 0.25) is 0 Å². The molecule has 0 aromatic heterocycles. The zero-order chi connectivity index (χ0) is 17.8. The summed E-state index contributed by atoms with van der Waals surface area (Å²) in [5.74, 6) is 1.77. The van der Waals surface area contributed by atoms with E-state index in [2.05, 4.69) is 17.9 Å². The third-order valence-corrected chi connectivity index (χ3v) is 6.42. The number of oxime groups is 1. The zero-order valence-electron chi connectivity index (χ0n) is 14.4. The molecule has 1 aromatic carbocycles. The van der Waals surface area contributed by atoms with Gasteiger partial charge in [-0.05, 0) is 80.8 Å². The van der Waals surface area contributed by atoms with Crippen molar-refractivity contribution in [3.63, 3.8) is 0 Å². The molecule has 0 amide bonds. The molecule has 2 saturated carbocycles. The van der Waals surface area contributed by atoms with Gasteiger partial charge < -0.3 is 4.84 Å². The molecule has 0 unspecified atom stereocenters. The third-order valence-electron chi connectivity index (χ3n) is 6.07. The first-order valence-electron chi connectivity index (χ1n) is 9.14. The van der Waals surface area contributed by atoms with Gasteiger partial charge in [-0.25, -0.2) is 4.39 Å². The molecule has 0 heterocycles. The average Bonchev–Trinajstić information content (AvgIpc) is 2.66. The van der Waals surface area contributed by atoms with Crippen molar-refractivity contribution in [2.45, 2.75) is 57.3 Å². The van der Waals surface area contributed by atoms with Gasteiger partial charge in [-0.3, -0.25) is 0 Å². The van der Waals surface area contributed by atoms with E-state index in [9.17, 15) is 4.39 Å². The monoisotopic (exact) mass is 362 g/mol. The minimum Gasteiger partial charge on any atom is -0.356 e. The van der Waals surface area contributed by atoms with Crippen LogP contribution in [-0.2, 0) is 0 Å². The summed E-state index contributed by atoms with van der Waals surface area (Å²) in [4.78, 5) is 4.89.